The Labute approximate surface area is 150 Å². The summed E-state index contributed by atoms with van der Waals surface area (Å²) in [6, 6.07) is 11.8. The van der Waals surface area contributed by atoms with Gasteiger partial charge in [-0.25, -0.2) is 4.79 Å². The van der Waals surface area contributed by atoms with Crippen LogP contribution in [0, 0.1) is 0 Å². The third kappa shape index (κ3) is 5.31. The number of aliphatic carboxylic acids is 1. The minimum atomic E-state index is -5.08. The van der Waals surface area contributed by atoms with E-state index < -0.39 is 12.1 Å². The first-order valence-electron chi connectivity index (χ1n) is 6.99. The van der Waals surface area contributed by atoms with Crippen molar-refractivity contribution in [3.05, 3.63) is 48.8 Å². The van der Waals surface area contributed by atoms with Gasteiger partial charge in [0, 0.05) is 22.9 Å². The number of thioether (sulfide) groups is 1. The van der Waals surface area contributed by atoms with Gasteiger partial charge in [-0.2, -0.15) is 13.2 Å². The van der Waals surface area contributed by atoms with Crippen molar-refractivity contribution in [2.45, 2.75) is 11.1 Å². The Balaban J connectivity index is 0.000000298. The minimum Gasteiger partial charge on any atom is -0.475 e. The van der Waals surface area contributed by atoms with Crippen LogP contribution in [0.1, 0.15) is 0 Å². The fraction of sp³-hybridized carbons (Fsp3) is 0.125. The molecule has 1 N–H and O–H groups in total. The van der Waals surface area contributed by atoms with Crippen molar-refractivity contribution in [3.8, 4) is 22.9 Å². The summed E-state index contributed by atoms with van der Waals surface area (Å²) >= 11 is 1.70. The number of carbonyl (C=O) groups is 1. The van der Waals surface area contributed by atoms with Gasteiger partial charge in [-0.05, 0) is 42.7 Å². The van der Waals surface area contributed by atoms with Gasteiger partial charge in [0.25, 0.3) is 0 Å². The monoisotopic (exact) mass is 383 g/mol. The number of benzene rings is 1. The molecule has 6 nitrogen and oxygen atoms in total. The van der Waals surface area contributed by atoms with Gasteiger partial charge in [-0.1, -0.05) is 0 Å². The van der Waals surface area contributed by atoms with Crippen LogP contribution < -0.4 is 0 Å². The molecule has 10 heteroatoms. The van der Waals surface area contributed by atoms with E-state index in [1.165, 1.54) is 4.90 Å². The molecule has 0 spiro atoms. The molecule has 136 valence electrons. The fourth-order valence-corrected chi connectivity index (χ4v) is 2.09. The smallest absolute Gasteiger partial charge is 0.475 e. The summed E-state index contributed by atoms with van der Waals surface area (Å²) in [6.07, 6.45) is 0.373. The van der Waals surface area contributed by atoms with E-state index in [-0.39, 0.29) is 0 Å². The van der Waals surface area contributed by atoms with Gasteiger partial charge in [0.15, 0.2) is 0 Å². The van der Waals surface area contributed by atoms with E-state index in [0.29, 0.717) is 11.8 Å². The van der Waals surface area contributed by atoms with E-state index in [4.69, 9.17) is 14.3 Å². The van der Waals surface area contributed by atoms with Crippen molar-refractivity contribution in [2.75, 3.05) is 6.26 Å². The summed E-state index contributed by atoms with van der Waals surface area (Å²) in [4.78, 5) is 14.1. The lowest BCUT2D eigenvalue weighted by Gasteiger charge is -1.97. The van der Waals surface area contributed by atoms with Crippen LogP contribution in [0.5, 0.6) is 0 Å². The molecule has 0 saturated heterocycles. The highest BCUT2D eigenvalue weighted by Crippen LogP contribution is 2.25. The van der Waals surface area contributed by atoms with Gasteiger partial charge in [-0.3, -0.25) is 4.98 Å². The standard InChI is InChI=1S/C14H11N3OS.C2HF3O2/c1-19-12-6-4-10(5-7-12)13-16-17-14(18-13)11-3-2-8-15-9-11;3-2(4,5)1(6)7/h2-9H,1H3;(H,6,7). The van der Waals surface area contributed by atoms with E-state index >= 15 is 0 Å². The first kappa shape index (κ1) is 19.4. The van der Waals surface area contributed by atoms with Crippen molar-refractivity contribution < 1.29 is 27.5 Å². The molecule has 0 unspecified atom stereocenters. The second-order valence-electron chi connectivity index (χ2n) is 4.69. The van der Waals surface area contributed by atoms with Crippen LogP contribution in [0.25, 0.3) is 22.9 Å². The van der Waals surface area contributed by atoms with E-state index in [9.17, 15) is 13.2 Å². The predicted molar refractivity (Wildman–Crippen MR) is 88.4 cm³/mol. The van der Waals surface area contributed by atoms with E-state index in [2.05, 4.69) is 15.2 Å². The van der Waals surface area contributed by atoms with Crippen LogP contribution >= 0.6 is 11.8 Å². The Morgan fingerprint density at radius 2 is 1.65 bits per heavy atom. The molecule has 0 amide bonds. The van der Waals surface area contributed by atoms with Crippen molar-refractivity contribution in [2.24, 2.45) is 0 Å². The third-order valence-corrected chi connectivity index (χ3v) is 3.66. The zero-order valence-electron chi connectivity index (χ0n) is 13.3. The zero-order valence-corrected chi connectivity index (χ0v) is 14.1. The molecule has 0 aliphatic heterocycles. The van der Waals surface area contributed by atoms with Gasteiger partial charge in [0.2, 0.25) is 11.8 Å². The van der Waals surface area contributed by atoms with Gasteiger partial charge >= 0.3 is 12.1 Å². The molecule has 26 heavy (non-hydrogen) atoms. The molecule has 0 radical (unpaired) electrons. The first-order chi connectivity index (χ1) is 12.3. The van der Waals surface area contributed by atoms with Crippen LogP contribution in [0.4, 0.5) is 13.2 Å². The summed E-state index contributed by atoms with van der Waals surface area (Å²) < 4.78 is 37.4. The molecular weight excluding hydrogens is 371 g/mol. The summed E-state index contributed by atoms with van der Waals surface area (Å²) in [7, 11) is 0. The molecule has 3 rings (SSSR count). The SMILES string of the molecule is CSc1ccc(-c2nnc(-c3cccnc3)o2)cc1.O=C(O)C(F)(F)F. The van der Waals surface area contributed by atoms with Crippen LogP contribution in [-0.2, 0) is 4.79 Å². The fourth-order valence-electron chi connectivity index (χ4n) is 1.68. The molecule has 3 aromatic rings. The number of alkyl halides is 3. The number of hydrogen-bond acceptors (Lipinski definition) is 6. The van der Waals surface area contributed by atoms with Gasteiger partial charge in [-0.15, -0.1) is 22.0 Å². The first-order valence-corrected chi connectivity index (χ1v) is 8.22. The van der Waals surface area contributed by atoms with Gasteiger partial charge in [0.05, 0.1) is 5.56 Å². The van der Waals surface area contributed by atoms with Crippen LogP contribution in [0.3, 0.4) is 0 Å². The Morgan fingerprint density at radius 3 is 2.12 bits per heavy atom. The molecule has 0 atom stereocenters. The van der Waals surface area contributed by atoms with E-state index in [1.807, 2.05) is 42.7 Å². The molecule has 0 bridgehead atoms. The lowest BCUT2D eigenvalue weighted by Crippen LogP contribution is -2.21. The molecule has 1 aromatic carbocycles. The molecule has 0 saturated carbocycles. The number of rotatable bonds is 3. The molecule has 0 fully saturated rings. The highest BCUT2D eigenvalue weighted by molar-refractivity contribution is 7.98. The molecule has 0 aliphatic rings. The summed E-state index contributed by atoms with van der Waals surface area (Å²) in [5.41, 5.74) is 1.74. The van der Waals surface area contributed by atoms with Crippen molar-refractivity contribution >= 4 is 17.7 Å². The number of halogens is 3. The highest BCUT2D eigenvalue weighted by Gasteiger charge is 2.38. The van der Waals surface area contributed by atoms with Gasteiger partial charge < -0.3 is 9.52 Å². The minimum absolute atomic E-state index is 0.483. The highest BCUT2D eigenvalue weighted by atomic mass is 32.2. The predicted octanol–water partition coefficient (Wildman–Crippen LogP) is 4.15. The lowest BCUT2D eigenvalue weighted by molar-refractivity contribution is -0.192. The maximum atomic E-state index is 10.6. The second-order valence-corrected chi connectivity index (χ2v) is 5.57. The van der Waals surface area contributed by atoms with E-state index in [1.54, 1.807) is 24.2 Å². The normalized spacial score (nSPS) is 10.8. The Kier molecular flexibility index (Phi) is 6.34. The Bertz CT molecular complexity index is 852. The number of hydrogen-bond donors (Lipinski definition) is 1. The quantitative estimate of drug-likeness (QED) is 0.680. The van der Waals surface area contributed by atoms with Gasteiger partial charge in [0.1, 0.15) is 0 Å². The summed E-state index contributed by atoms with van der Waals surface area (Å²) in [5.74, 6) is -1.75. The van der Waals surface area contributed by atoms with Crippen LogP contribution in [0.15, 0.2) is 58.1 Å². The zero-order chi connectivity index (χ0) is 19.2. The second kappa shape index (κ2) is 8.48. The Hall–Kier alpha value is -2.88. The number of pyridine rings is 1. The number of nitrogens with zero attached hydrogens (tertiary/aromatic N) is 3. The maximum absolute atomic E-state index is 10.6. The lowest BCUT2D eigenvalue weighted by atomic mass is 10.2. The third-order valence-electron chi connectivity index (χ3n) is 2.91. The molecule has 0 aliphatic carbocycles. The molecular formula is C16H12F3N3O3S. The van der Waals surface area contributed by atoms with E-state index in [0.717, 1.165) is 11.1 Å². The van der Waals surface area contributed by atoms with Crippen LogP contribution in [-0.4, -0.2) is 38.7 Å². The Morgan fingerprint density at radius 1 is 1.08 bits per heavy atom. The average molecular weight is 383 g/mol. The molecule has 2 aromatic heterocycles. The average Bonchev–Trinajstić information content (AvgIpc) is 3.12. The van der Waals surface area contributed by atoms with Crippen molar-refractivity contribution in [3.63, 3.8) is 0 Å². The maximum Gasteiger partial charge on any atom is 0.490 e. The summed E-state index contributed by atoms with van der Waals surface area (Å²) in [5, 5.41) is 15.2. The largest absolute Gasteiger partial charge is 0.490 e. The van der Waals surface area contributed by atoms with Crippen LogP contribution in [0.2, 0.25) is 0 Å². The number of carboxylic acids is 1. The summed E-state index contributed by atoms with van der Waals surface area (Å²) in [6.45, 7) is 0. The number of aromatic nitrogens is 3. The number of carboxylic acid groups (broad SMARTS) is 1. The van der Waals surface area contributed by atoms with Crippen molar-refractivity contribution in [1.29, 1.82) is 0 Å². The molecule has 2 heterocycles. The topological polar surface area (TPSA) is 89.1 Å². The van der Waals surface area contributed by atoms with Crippen molar-refractivity contribution in [1.82, 2.24) is 15.2 Å².